The van der Waals surface area contributed by atoms with E-state index in [1.165, 1.54) is 32.1 Å². The molecule has 1 aliphatic rings. The molecule has 0 amide bonds. The molecule has 1 rings (SSSR count). The van der Waals surface area contributed by atoms with Crippen LogP contribution in [0.4, 0.5) is 0 Å². The summed E-state index contributed by atoms with van der Waals surface area (Å²) in [7, 11) is 0. The summed E-state index contributed by atoms with van der Waals surface area (Å²) in [5.74, 6) is 3.06. The highest BCUT2D eigenvalue weighted by Crippen LogP contribution is 2.22. The monoisotopic (exact) mass is 107 g/mol. The molecule has 0 radical (unpaired) electrons. The second kappa shape index (κ2) is 2.77. The van der Waals surface area contributed by atoms with Gasteiger partial charge < -0.3 is 12.3 Å². The Morgan fingerprint density at radius 3 is 2.12 bits per heavy atom. The summed E-state index contributed by atoms with van der Waals surface area (Å²) < 4.78 is 0. The quantitative estimate of drug-likeness (QED) is 0.328. The molecule has 1 aliphatic carbocycles. The van der Waals surface area contributed by atoms with Crippen molar-refractivity contribution in [2.45, 2.75) is 32.1 Å². The van der Waals surface area contributed by atoms with E-state index in [-0.39, 0.29) is 0 Å². The Hall–Kier alpha value is -0.440. The average molecular weight is 107 g/mol. The summed E-state index contributed by atoms with van der Waals surface area (Å²) in [6, 6.07) is 0. The maximum atomic E-state index is 6.85. The third-order valence-corrected chi connectivity index (χ3v) is 1.81. The second-order valence-electron chi connectivity index (χ2n) is 2.48. The molecule has 8 heavy (non-hydrogen) atoms. The lowest BCUT2D eigenvalue weighted by atomic mass is 9.90. The summed E-state index contributed by atoms with van der Waals surface area (Å²) in [6.45, 7) is 0. The summed E-state index contributed by atoms with van der Waals surface area (Å²) in [6.07, 6.45) is 13.3. The molecule has 0 heteroatoms. The number of hydrogen-bond acceptors (Lipinski definition) is 0. The minimum Gasteiger partial charge on any atom is -0.693 e. The molecule has 0 saturated heterocycles. The van der Waals surface area contributed by atoms with Crippen molar-refractivity contribution in [3.8, 4) is 5.92 Å². The topological polar surface area (TPSA) is 0 Å². The van der Waals surface area contributed by atoms with Gasteiger partial charge in [0.15, 0.2) is 0 Å². The molecule has 0 aromatic heterocycles. The molecule has 0 heterocycles. The van der Waals surface area contributed by atoms with Crippen LogP contribution in [0.5, 0.6) is 0 Å². The minimum atomic E-state index is 0.503. The second-order valence-corrected chi connectivity index (χ2v) is 2.48. The third-order valence-electron chi connectivity index (χ3n) is 1.81. The Morgan fingerprint density at radius 1 is 1.12 bits per heavy atom. The van der Waals surface area contributed by atoms with Gasteiger partial charge in [-0.3, -0.25) is 0 Å². The zero-order chi connectivity index (χ0) is 5.82. The van der Waals surface area contributed by atoms with E-state index in [0.717, 1.165) is 0 Å². The van der Waals surface area contributed by atoms with Gasteiger partial charge in [0, 0.05) is 0 Å². The molecular weight excluding hydrogens is 96.1 g/mol. The molecule has 0 aromatic rings. The highest BCUT2D eigenvalue weighted by molar-refractivity contribution is 4.88. The Kier molecular flexibility index (Phi) is 1.97. The summed E-state index contributed by atoms with van der Waals surface area (Å²) in [4.78, 5) is 0. The van der Waals surface area contributed by atoms with Crippen LogP contribution in [0.1, 0.15) is 32.1 Å². The fourth-order valence-corrected chi connectivity index (χ4v) is 1.25. The SMILES string of the molecule is [C-]#CC1CCCCC1. The fourth-order valence-electron chi connectivity index (χ4n) is 1.25. The third kappa shape index (κ3) is 1.26. The first-order valence-corrected chi connectivity index (χ1v) is 3.36. The van der Waals surface area contributed by atoms with Crippen molar-refractivity contribution in [3.05, 3.63) is 6.42 Å². The molecule has 0 unspecified atom stereocenters. The van der Waals surface area contributed by atoms with Crippen molar-refractivity contribution in [2.24, 2.45) is 5.92 Å². The predicted molar refractivity (Wildman–Crippen MR) is 33.7 cm³/mol. The Labute approximate surface area is 51.3 Å². The molecule has 1 saturated carbocycles. The van der Waals surface area contributed by atoms with Gasteiger partial charge in [0.25, 0.3) is 0 Å². The van der Waals surface area contributed by atoms with Gasteiger partial charge in [0.1, 0.15) is 0 Å². The highest BCUT2D eigenvalue weighted by Gasteiger charge is 2.05. The van der Waals surface area contributed by atoms with Gasteiger partial charge in [-0.15, -0.1) is 0 Å². The van der Waals surface area contributed by atoms with Crippen LogP contribution < -0.4 is 0 Å². The van der Waals surface area contributed by atoms with Crippen LogP contribution in [0.25, 0.3) is 0 Å². The van der Waals surface area contributed by atoms with Crippen LogP contribution >= 0.6 is 0 Å². The van der Waals surface area contributed by atoms with E-state index < -0.39 is 0 Å². The van der Waals surface area contributed by atoms with Crippen LogP contribution in [-0.2, 0) is 0 Å². The lowest BCUT2D eigenvalue weighted by Gasteiger charge is -2.18. The van der Waals surface area contributed by atoms with E-state index in [0.29, 0.717) is 5.92 Å². The van der Waals surface area contributed by atoms with Crippen molar-refractivity contribution >= 4 is 0 Å². The zero-order valence-electron chi connectivity index (χ0n) is 5.11. The van der Waals surface area contributed by atoms with Crippen molar-refractivity contribution in [1.82, 2.24) is 0 Å². The molecular formula is C8H11-. The van der Waals surface area contributed by atoms with Crippen LogP contribution in [0, 0.1) is 18.3 Å². The molecule has 0 N–H and O–H groups in total. The number of rotatable bonds is 0. The van der Waals surface area contributed by atoms with Gasteiger partial charge in [-0.25, -0.2) is 0 Å². The highest BCUT2D eigenvalue weighted by atomic mass is 14.1. The molecule has 0 bridgehead atoms. The largest absolute Gasteiger partial charge is 0.693 e. The van der Waals surface area contributed by atoms with E-state index in [4.69, 9.17) is 6.42 Å². The van der Waals surface area contributed by atoms with Gasteiger partial charge in [0.2, 0.25) is 0 Å². The molecule has 1 fully saturated rings. The van der Waals surface area contributed by atoms with Gasteiger partial charge in [0.05, 0.1) is 0 Å². The Morgan fingerprint density at radius 2 is 1.75 bits per heavy atom. The Balaban J connectivity index is 2.25. The predicted octanol–water partition coefficient (Wildman–Crippen LogP) is 2.16. The lowest BCUT2D eigenvalue weighted by Crippen LogP contribution is -2.02. The van der Waals surface area contributed by atoms with Gasteiger partial charge in [-0.05, 0) is 18.8 Å². The maximum Gasteiger partial charge on any atom is -0.0196 e. The first-order valence-electron chi connectivity index (χ1n) is 3.36. The first kappa shape index (κ1) is 5.69. The zero-order valence-corrected chi connectivity index (χ0v) is 5.11. The number of hydrogen-bond donors (Lipinski definition) is 0. The molecule has 44 valence electrons. The van der Waals surface area contributed by atoms with Crippen molar-refractivity contribution < 1.29 is 0 Å². The van der Waals surface area contributed by atoms with Crippen LogP contribution in [0.3, 0.4) is 0 Å². The van der Waals surface area contributed by atoms with Crippen molar-refractivity contribution in [2.75, 3.05) is 0 Å². The fraction of sp³-hybridized carbons (Fsp3) is 0.750. The molecule has 0 spiro atoms. The van der Waals surface area contributed by atoms with E-state index in [9.17, 15) is 0 Å². The molecule has 0 atom stereocenters. The van der Waals surface area contributed by atoms with Gasteiger partial charge >= 0.3 is 0 Å². The summed E-state index contributed by atoms with van der Waals surface area (Å²) in [5.41, 5.74) is 0. The average Bonchev–Trinajstić information content (AvgIpc) is 1.90. The van der Waals surface area contributed by atoms with E-state index >= 15 is 0 Å². The maximum absolute atomic E-state index is 6.85. The molecule has 0 nitrogen and oxygen atoms in total. The summed E-state index contributed by atoms with van der Waals surface area (Å²) in [5, 5.41) is 0. The summed E-state index contributed by atoms with van der Waals surface area (Å²) >= 11 is 0. The molecule has 0 aliphatic heterocycles. The van der Waals surface area contributed by atoms with E-state index in [2.05, 4.69) is 5.92 Å². The lowest BCUT2D eigenvalue weighted by molar-refractivity contribution is 0.430. The minimum absolute atomic E-state index is 0.503. The van der Waals surface area contributed by atoms with Crippen LogP contribution in [-0.4, -0.2) is 0 Å². The van der Waals surface area contributed by atoms with E-state index in [1.807, 2.05) is 0 Å². The molecule has 0 aromatic carbocycles. The first-order chi connectivity index (χ1) is 3.93. The smallest absolute Gasteiger partial charge is 0.0196 e. The van der Waals surface area contributed by atoms with Crippen molar-refractivity contribution in [1.29, 1.82) is 0 Å². The normalized spacial score (nSPS) is 22.4. The van der Waals surface area contributed by atoms with E-state index in [1.54, 1.807) is 0 Å². The van der Waals surface area contributed by atoms with Crippen LogP contribution in [0.2, 0.25) is 0 Å². The van der Waals surface area contributed by atoms with Crippen LogP contribution in [0.15, 0.2) is 0 Å². The van der Waals surface area contributed by atoms with Gasteiger partial charge in [-0.2, -0.15) is 0 Å². The van der Waals surface area contributed by atoms with Crippen molar-refractivity contribution in [3.63, 3.8) is 0 Å². The standard InChI is InChI=1S/C8H11/c1-2-8-6-4-3-5-7-8/h8H,3-7H2/q-1. The Bertz CT molecular complexity index is 91.1. The van der Waals surface area contributed by atoms with Gasteiger partial charge in [-0.1, -0.05) is 19.3 Å².